The van der Waals surface area contributed by atoms with Gasteiger partial charge in [-0.25, -0.2) is 0 Å². The maximum Gasteiger partial charge on any atom is 0.417 e. The van der Waals surface area contributed by atoms with Gasteiger partial charge >= 0.3 is 37.1 Å². The van der Waals surface area contributed by atoms with E-state index in [9.17, 15) is 57.9 Å². The van der Waals surface area contributed by atoms with Crippen LogP contribution in [0.1, 0.15) is 38.9 Å². The zero-order chi connectivity index (χ0) is 58.8. The first kappa shape index (κ1) is 54.8. The minimum absolute atomic E-state index is 0.000924. The van der Waals surface area contributed by atoms with Crippen LogP contribution < -0.4 is 0 Å². The van der Waals surface area contributed by atoms with E-state index in [0.717, 1.165) is 6.07 Å². The van der Waals surface area contributed by atoms with Crippen LogP contribution in [0.25, 0.3) is 99.5 Å². The summed E-state index contributed by atoms with van der Waals surface area (Å²) in [5, 5.41) is 11.5. The topological polar surface area (TPSA) is 33.6 Å². The molecule has 2 aromatic heterocycles. The molecule has 11 rings (SSSR count). The molecule has 0 bridgehead atoms. The molecule has 0 atom stereocenters. The van der Waals surface area contributed by atoms with Crippen LogP contribution in [0, 0.1) is 11.3 Å². The summed E-state index contributed by atoms with van der Waals surface area (Å²) in [6.07, 6.45) is -31.6. The largest absolute Gasteiger partial charge is 0.417 e. The number of hydrogen-bond donors (Lipinski definition) is 0. The maximum absolute atomic E-state index is 15.2. The molecule has 3 nitrogen and oxygen atoms in total. The van der Waals surface area contributed by atoms with E-state index in [1.165, 1.54) is 75.9 Å². The fourth-order valence-electron chi connectivity index (χ4n) is 10.5. The molecule has 414 valence electrons. The minimum atomic E-state index is -5.43. The van der Waals surface area contributed by atoms with Gasteiger partial charge in [-0.3, -0.25) is 0 Å². The normalized spacial score (nSPS) is 13.0. The Balaban J connectivity index is 1.21. The summed E-state index contributed by atoms with van der Waals surface area (Å²) in [7, 11) is 0. The Labute approximate surface area is 449 Å². The van der Waals surface area contributed by atoms with E-state index >= 15 is 26.3 Å². The van der Waals surface area contributed by atoms with Gasteiger partial charge in [-0.1, -0.05) is 60.7 Å². The van der Waals surface area contributed by atoms with Crippen LogP contribution in [0.4, 0.5) is 79.0 Å². The number of aromatic nitrogens is 2. The average molecular weight is 1150 g/mol. The number of rotatable bonds is 6. The third-order valence-electron chi connectivity index (χ3n) is 14.0. The standard InChI is InChI=1S/C61H29F18N3/c62-56(63,64)36-21-34(22-37(27-36)57(65,66)67)32-13-18-52-46(25-32)41-6-1-3-10-50(41)81(52)40-15-16-43(55-48(60(74,75)76)8-5-9-49(55)61(77,78)79)44(29-40)45-20-31(30-80)12-17-53(45)82-51-11-4-2-7-42(51)47-26-33(14-19-54(47)82)35-23-38(58(68,69)70)28-39(24-35)59(71,72)73/h1-29H. The van der Waals surface area contributed by atoms with Gasteiger partial charge in [-0.2, -0.15) is 84.3 Å². The number of halogens is 18. The molecule has 0 radical (unpaired) electrons. The molecular weight excluding hydrogens is 1120 g/mol. The predicted octanol–water partition coefficient (Wildman–Crippen LogP) is 20.5. The van der Waals surface area contributed by atoms with E-state index in [1.807, 2.05) is 6.07 Å². The summed E-state index contributed by atoms with van der Waals surface area (Å²) in [4.78, 5) is 0. The number of benzene rings is 9. The van der Waals surface area contributed by atoms with Gasteiger partial charge < -0.3 is 9.13 Å². The first-order valence-corrected chi connectivity index (χ1v) is 24.0. The molecule has 0 fully saturated rings. The number of hydrogen-bond acceptors (Lipinski definition) is 1. The van der Waals surface area contributed by atoms with Crippen LogP contribution in [-0.4, -0.2) is 9.13 Å². The van der Waals surface area contributed by atoms with Crippen LogP contribution in [0.3, 0.4) is 0 Å². The van der Waals surface area contributed by atoms with Crippen LogP contribution >= 0.6 is 0 Å². The molecule has 0 aliphatic heterocycles. The first-order chi connectivity index (χ1) is 38.4. The van der Waals surface area contributed by atoms with Gasteiger partial charge in [0.15, 0.2) is 0 Å². The second-order valence-electron chi connectivity index (χ2n) is 19.1. The van der Waals surface area contributed by atoms with E-state index in [0.29, 0.717) is 58.8 Å². The van der Waals surface area contributed by atoms with Crippen molar-refractivity contribution in [1.29, 1.82) is 5.26 Å². The van der Waals surface area contributed by atoms with Gasteiger partial charge in [0.25, 0.3) is 0 Å². The van der Waals surface area contributed by atoms with Crippen molar-refractivity contribution in [3.63, 3.8) is 0 Å². The summed E-state index contributed by atoms with van der Waals surface area (Å²) in [5.74, 6) is 0. The highest BCUT2D eigenvalue weighted by Gasteiger charge is 2.43. The lowest BCUT2D eigenvalue weighted by Crippen LogP contribution is -2.14. The van der Waals surface area contributed by atoms with Crippen molar-refractivity contribution in [2.45, 2.75) is 37.1 Å². The van der Waals surface area contributed by atoms with E-state index in [4.69, 9.17) is 0 Å². The van der Waals surface area contributed by atoms with Crippen molar-refractivity contribution in [3.8, 4) is 62.0 Å². The van der Waals surface area contributed by atoms with Crippen LogP contribution in [0.5, 0.6) is 0 Å². The lowest BCUT2D eigenvalue weighted by atomic mass is 9.86. The van der Waals surface area contributed by atoms with E-state index in [-0.39, 0.29) is 78.6 Å². The molecule has 82 heavy (non-hydrogen) atoms. The molecule has 0 saturated heterocycles. The average Bonchev–Trinajstić information content (AvgIpc) is 4.15. The molecule has 21 heteroatoms. The quantitative estimate of drug-likeness (QED) is 0.153. The SMILES string of the molecule is N#Cc1ccc(-n2c3ccccc3c3cc(-c4cc(C(F)(F)F)cc(C(F)(F)F)c4)ccc32)c(-c2cc(-n3c4ccccc4c4cc(-c5cc(C(F)(F)F)cc(C(F)(F)F)c5)ccc43)ccc2-c2c(C(F)(F)F)cccc2C(F)(F)F)c1. The molecule has 0 spiro atoms. The van der Waals surface area contributed by atoms with Crippen molar-refractivity contribution in [3.05, 3.63) is 215 Å². The second-order valence-corrected chi connectivity index (χ2v) is 19.1. The fourth-order valence-corrected chi connectivity index (χ4v) is 10.5. The van der Waals surface area contributed by atoms with Gasteiger partial charge in [0, 0.05) is 38.4 Å². The third kappa shape index (κ3) is 9.68. The highest BCUT2D eigenvalue weighted by atomic mass is 19.4. The van der Waals surface area contributed by atoms with Crippen molar-refractivity contribution in [1.82, 2.24) is 9.13 Å². The molecule has 0 aliphatic carbocycles. The van der Waals surface area contributed by atoms with Crippen molar-refractivity contribution >= 4 is 43.6 Å². The van der Waals surface area contributed by atoms with Crippen molar-refractivity contribution in [2.24, 2.45) is 0 Å². The monoisotopic (exact) mass is 1150 g/mol. The number of para-hydroxylation sites is 2. The summed E-state index contributed by atoms with van der Waals surface area (Å²) >= 11 is 0. The molecule has 0 unspecified atom stereocenters. The Bertz CT molecular complexity index is 4340. The van der Waals surface area contributed by atoms with E-state index < -0.39 is 92.7 Å². The smallest absolute Gasteiger partial charge is 0.309 e. The zero-order valence-corrected chi connectivity index (χ0v) is 40.9. The predicted molar refractivity (Wildman–Crippen MR) is 272 cm³/mol. The highest BCUT2D eigenvalue weighted by Crippen LogP contribution is 2.51. The molecule has 0 N–H and O–H groups in total. The lowest BCUT2D eigenvalue weighted by Gasteiger charge is -2.23. The highest BCUT2D eigenvalue weighted by molar-refractivity contribution is 6.12. The van der Waals surface area contributed by atoms with E-state index in [1.54, 1.807) is 48.5 Å². The van der Waals surface area contributed by atoms with Gasteiger partial charge in [0.1, 0.15) is 0 Å². The number of nitrogens with zero attached hydrogens (tertiary/aromatic N) is 3. The van der Waals surface area contributed by atoms with E-state index in [2.05, 4.69) is 0 Å². The fraction of sp³-hybridized carbons (Fsp3) is 0.0984. The molecule has 11 aromatic rings. The first-order valence-electron chi connectivity index (χ1n) is 24.0. The maximum atomic E-state index is 15.2. The molecular formula is C61H29F18N3. The summed E-state index contributed by atoms with van der Waals surface area (Å²) < 4.78 is 263. The van der Waals surface area contributed by atoms with Crippen LogP contribution in [-0.2, 0) is 37.1 Å². The molecule has 0 amide bonds. The lowest BCUT2D eigenvalue weighted by molar-refractivity contribution is -0.144. The Kier molecular flexibility index (Phi) is 12.7. The van der Waals surface area contributed by atoms with Gasteiger partial charge in [0.2, 0.25) is 0 Å². The minimum Gasteiger partial charge on any atom is -0.309 e. The van der Waals surface area contributed by atoms with Crippen molar-refractivity contribution in [2.75, 3.05) is 0 Å². The Morgan fingerprint density at radius 3 is 1.17 bits per heavy atom. The van der Waals surface area contributed by atoms with Gasteiger partial charge in [-0.05, 0) is 149 Å². The van der Waals surface area contributed by atoms with Gasteiger partial charge in [0.05, 0.1) is 72.8 Å². The zero-order valence-electron chi connectivity index (χ0n) is 40.9. The number of alkyl halides is 18. The van der Waals surface area contributed by atoms with Crippen molar-refractivity contribution < 1.29 is 79.0 Å². The Morgan fingerprint density at radius 2 is 0.732 bits per heavy atom. The summed E-state index contributed by atoms with van der Waals surface area (Å²) in [6, 6.07) is 33.2. The molecule has 0 aliphatic rings. The summed E-state index contributed by atoms with van der Waals surface area (Å²) in [6.45, 7) is 0. The second kappa shape index (κ2) is 19.0. The number of nitriles is 1. The Hall–Kier alpha value is -9.19. The molecule has 0 saturated carbocycles. The Morgan fingerprint density at radius 1 is 0.305 bits per heavy atom. The molecule has 2 heterocycles. The van der Waals surface area contributed by atoms with Crippen LogP contribution in [0.2, 0.25) is 0 Å². The van der Waals surface area contributed by atoms with Gasteiger partial charge in [-0.15, -0.1) is 0 Å². The molecule has 9 aromatic carbocycles. The summed E-state index contributed by atoms with van der Waals surface area (Å²) in [5.41, 5.74) is -12.6. The van der Waals surface area contributed by atoms with Crippen LogP contribution in [0.15, 0.2) is 176 Å². The third-order valence-corrected chi connectivity index (χ3v) is 14.0. The number of fused-ring (bicyclic) bond motifs is 6.